The molecule has 1 saturated heterocycles. The van der Waals surface area contributed by atoms with Gasteiger partial charge in [-0.3, -0.25) is 4.79 Å². The van der Waals surface area contributed by atoms with Crippen LogP contribution in [0.4, 0.5) is 5.69 Å². The number of amides is 1. The molecule has 1 heterocycles. The zero-order valence-electron chi connectivity index (χ0n) is 9.43. The van der Waals surface area contributed by atoms with Crippen molar-refractivity contribution < 1.29 is 9.53 Å². The molecule has 0 bridgehead atoms. The Morgan fingerprint density at radius 3 is 2.94 bits per heavy atom. The first-order valence-electron chi connectivity index (χ1n) is 5.42. The Morgan fingerprint density at radius 2 is 2.35 bits per heavy atom. The Labute approximate surface area is 114 Å². The zero-order chi connectivity index (χ0) is 12.5. The summed E-state index contributed by atoms with van der Waals surface area (Å²) in [5.74, 6) is -0.117. The molecule has 1 amide bonds. The van der Waals surface area contributed by atoms with Crippen molar-refractivity contribution in [1.29, 1.82) is 0 Å². The average molecular weight is 319 g/mol. The minimum absolute atomic E-state index is 0.117. The Hall–Kier alpha value is -0.580. The molecular formula is C12H13BrClNO2. The fourth-order valence-corrected chi connectivity index (χ4v) is 2.22. The van der Waals surface area contributed by atoms with E-state index >= 15 is 0 Å². The summed E-state index contributed by atoms with van der Waals surface area (Å²) in [4.78, 5) is 12.0. The lowest BCUT2D eigenvalue weighted by Gasteiger charge is -2.22. The van der Waals surface area contributed by atoms with Crippen LogP contribution in [-0.2, 0) is 9.53 Å². The molecule has 1 N–H and O–H groups in total. The summed E-state index contributed by atoms with van der Waals surface area (Å²) in [5, 5.41) is 3.39. The normalized spacial score (nSPS) is 23.7. The van der Waals surface area contributed by atoms with E-state index < -0.39 is 5.60 Å². The molecule has 1 aromatic rings. The molecule has 3 nitrogen and oxygen atoms in total. The molecule has 0 aromatic heterocycles. The van der Waals surface area contributed by atoms with E-state index in [1.807, 2.05) is 6.92 Å². The van der Waals surface area contributed by atoms with Gasteiger partial charge in [-0.1, -0.05) is 11.6 Å². The molecule has 1 atom stereocenters. The smallest absolute Gasteiger partial charge is 0.256 e. The Balaban J connectivity index is 2.10. The van der Waals surface area contributed by atoms with Gasteiger partial charge in [-0.15, -0.1) is 0 Å². The molecular weight excluding hydrogens is 305 g/mol. The van der Waals surface area contributed by atoms with Gasteiger partial charge < -0.3 is 10.1 Å². The predicted octanol–water partition coefficient (Wildman–Crippen LogP) is 3.61. The van der Waals surface area contributed by atoms with Gasteiger partial charge in [0, 0.05) is 16.8 Å². The largest absolute Gasteiger partial charge is 0.365 e. The summed E-state index contributed by atoms with van der Waals surface area (Å²) in [6, 6.07) is 5.31. The van der Waals surface area contributed by atoms with Crippen molar-refractivity contribution in [2.75, 3.05) is 11.9 Å². The number of halogens is 2. The highest BCUT2D eigenvalue weighted by Gasteiger charge is 2.37. The number of hydrogen-bond acceptors (Lipinski definition) is 2. The Bertz CT molecular complexity index is 444. The lowest BCUT2D eigenvalue weighted by molar-refractivity contribution is -0.133. The minimum atomic E-state index is -0.709. The van der Waals surface area contributed by atoms with Gasteiger partial charge in [0.1, 0.15) is 5.60 Å². The van der Waals surface area contributed by atoms with Crippen LogP contribution in [0.2, 0.25) is 5.02 Å². The van der Waals surface area contributed by atoms with E-state index in [1.165, 1.54) is 0 Å². The van der Waals surface area contributed by atoms with Crippen LogP contribution >= 0.6 is 27.5 Å². The van der Waals surface area contributed by atoms with Crippen molar-refractivity contribution in [2.45, 2.75) is 25.4 Å². The average Bonchev–Trinajstić information content (AvgIpc) is 2.72. The van der Waals surface area contributed by atoms with Crippen LogP contribution < -0.4 is 5.32 Å². The van der Waals surface area contributed by atoms with E-state index in [2.05, 4.69) is 21.2 Å². The molecule has 92 valence electrons. The standard InChI is InChI=1S/C12H13BrClNO2/c1-12(5-2-6-17-12)11(16)15-8-3-4-9(13)10(14)7-8/h3-4,7H,2,5-6H2,1H3,(H,15,16). The van der Waals surface area contributed by atoms with Gasteiger partial charge in [-0.05, 0) is 53.9 Å². The fourth-order valence-electron chi connectivity index (χ4n) is 1.80. The van der Waals surface area contributed by atoms with Gasteiger partial charge >= 0.3 is 0 Å². The maximum atomic E-state index is 12.0. The molecule has 1 aromatic carbocycles. The molecule has 1 aliphatic heterocycles. The Morgan fingerprint density at radius 1 is 1.59 bits per heavy atom. The highest BCUT2D eigenvalue weighted by atomic mass is 79.9. The number of anilines is 1. The van der Waals surface area contributed by atoms with Crippen molar-refractivity contribution >= 4 is 39.1 Å². The molecule has 0 aliphatic carbocycles. The minimum Gasteiger partial charge on any atom is -0.365 e. The van der Waals surface area contributed by atoms with E-state index in [0.29, 0.717) is 17.3 Å². The van der Waals surface area contributed by atoms with Crippen molar-refractivity contribution in [3.63, 3.8) is 0 Å². The summed E-state index contributed by atoms with van der Waals surface area (Å²) in [6.07, 6.45) is 1.67. The van der Waals surface area contributed by atoms with Gasteiger partial charge in [0.25, 0.3) is 5.91 Å². The second-order valence-corrected chi connectivity index (χ2v) is 5.53. The summed E-state index contributed by atoms with van der Waals surface area (Å²) < 4.78 is 6.28. The van der Waals surface area contributed by atoms with E-state index in [-0.39, 0.29) is 5.91 Å². The molecule has 0 saturated carbocycles. The molecule has 0 spiro atoms. The third-order valence-corrected chi connectivity index (χ3v) is 4.11. The fraction of sp³-hybridized carbons (Fsp3) is 0.417. The van der Waals surface area contributed by atoms with Crippen LogP contribution in [-0.4, -0.2) is 18.1 Å². The Kier molecular flexibility index (Phi) is 3.76. The lowest BCUT2D eigenvalue weighted by atomic mass is 10.0. The molecule has 2 rings (SSSR count). The second-order valence-electron chi connectivity index (χ2n) is 4.27. The number of nitrogens with one attached hydrogen (secondary N) is 1. The van der Waals surface area contributed by atoms with Gasteiger partial charge in [-0.2, -0.15) is 0 Å². The van der Waals surface area contributed by atoms with Crippen LogP contribution in [0, 0.1) is 0 Å². The number of benzene rings is 1. The van der Waals surface area contributed by atoms with Gasteiger partial charge in [0.05, 0.1) is 5.02 Å². The topological polar surface area (TPSA) is 38.3 Å². The third kappa shape index (κ3) is 2.81. The van der Waals surface area contributed by atoms with Gasteiger partial charge in [0.15, 0.2) is 0 Å². The van der Waals surface area contributed by atoms with E-state index in [1.54, 1.807) is 18.2 Å². The molecule has 1 aliphatic rings. The maximum absolute atomic E-state index is 12.0. The van der Waals surface area contributed by atoms with Crippen LogP contribution in [0.3, 0.4) is 0 Å². The first-order valence-corrected chi connectivity index (χ1v) is 6.59. The van der Waals surface area contributed by atoms with Crippen molar-refractivity contribution in [1.82, 2.24) is 0 Å². The van der Waals surface area contributed by atoms with E-state index in [0.717, 1.165) is 17.3 Å². The lowest BCUT2D eigenvalue weighted by Crippen LogP contribution is -2.39. The summed E-state index contributed by atoms with van der Waals surface area (Å²) in [5.41, 5.74) is -0.0283. The van der Waals surface area contributed by atoms with E-state index in [9.17, 15) is 4.79 Å². The molecule has 0 radical (unpaired) electrons. The summed E-state index contributed by atoms with van der Waals surface area (Å²) >= 11 is 9.27. The number of ether oxygens (including phenoxy) is 1. The third-order valence-electron chi connectivity index (χ3n) is 2.88. The molecule has 1 unspecified atom stereocenters. The number of carbonyl (C=O) groups excluding carboxylic acids is 1. The highest BCUT2D eigenvalue weighted by molar-refractivity contribution is 9.10. The van der Waals surface area contributed by atoms with Crippen molar-refractivity contribution in [3.05, 3.63) is 27.7 Å². The monoisotopic (exact) mass is 317 g/mol. The van der Waals surface area contributed by atoms with Crippen LogP contribution in [0.15, 0.2) is 22.7 Å². The van der Waals surface area contributed by atoms with Crippen LogP contribution in [0.25, 0.3) is 0 Å². The molecule has 1 fully saturated rings. The number of hydrogen-bond donors (Lipinski definition) is 1. The zero-order valence-corrected chi connectivity index (χ0v) is 11.8. The van der Waals surface area contributed by atoms with E-state index in [4.69, 9.17) is 16.3 Å². The van der Waals surface area contributed by atoms with Crippen molar-refractivity contribution in [3.8, 4) is 0 Å². The summed E-state index contributed by atoms with van der Waals surface area (Å²) in [6.45, 7) is 2.46. The quantitative estimate of drug-likeness (QED) is 0.904. The first kappa shape index (κ1) is 12.9. The first-order chi connectivity index (χ1) is 8.01. The second kappa shape index (κ2) is 4.96. The molecule has 5 heteroatoms. The molecule has 17 heavy (non-hydrogen) atoms. The predicted molar refractivity (Wildman–Crippen MR) is 71.4 cm³/mol. The van der Waals surface area contributed by atoms with Gasteiger partial charge in [0.2, 0.25) is 0 Å². The summed E-state index contributed by atoms with van der Waals surface area (Å²) in [7, 11) is 0. The van der Waals surface area contributed by atoms with Crippen molar-refractivity contribution in [2.24, 2.45) is 0 Å². The van der Waals surface area contributed by atoms with Gasteiger partial charge in [-0.25, -0.2) is 0 Å². The number of rotatable bonds is 2. The van der Waals surface area contributed by atoms with Crippen LogP contribution in [0.5, 0.6) is 0 Å². The maximum Gasteiger partial charge on any atom is 0.256 e. The highest BCUT2D eigenvalue weighted by Crippen LogP contribution is 2.29. The number of carbonyl (C=O) groups is 1. The van der Waals surface area contributed by atoms with Crippen LogP contribution in [0.1, 0.15) is 19.8 Å². The SMILES string of the molecule is CC1(C(=O)Nc2ccc(Br)c(Cl)c2)CCCO1.